The number of fused-ring (bicyclic) bond motifs is 1. The second-order valence-electron chi connectivity index (χ2n) is 12.2. The fraction of sp³-hybridized carbons (Fsp3) is 0.545. The molecule has 3 saturated heterocycles. The maximum Gasteiger partial charge on any atom is 0.244 e. The molecule has 2 aromatic rings. The third-order valence-corrected chi connectivity index (χ3v) is 11.9. The molecule has 3 unspecified atom stereocenters. The molecule has 6 rings (SSSR count). The van der Waals surface area contributed by atoms with Crippen LogP contribution in [0.1, 0.15) is 64.0 Å². The summed E-state index contributed by atoms with van der Waals surface area (Å²) in [5, 5.41) is 17.0. The van der Waals surface area contributed by atoms with Crippen LogP contribution in [0.15, 0.2) is 54.6 Å². The van der Waals surface area contributed by atoms with E-state index in [-0.39, 0.29) is 41.5 Å². The smallest absolute Gasteiger partial charge is 0.244 e. The Morgan fingerprint density at radius 3 is 2.45 bits per heavy atom. The van der Waals surface area contributed by atoms with E-state index in [2.05, 4.69) is 17.6 Å². The number of benzene rings is 2. The maximum absolute atomic E-state index is 14.6. The third kappa shape index (κ3) is 4.88. The molecule has 9 heteroatoms. The second kappa shape index (κ2) is 11.9. The van der Waals surface area contributed by atoms with Crippen molar-refractivity contribution >= 4 is 35.2 Å². The highest BCUT2D eigenvalue weighted by atomic mass is 32.2. The SMILES string of the molecule is CCOc1ccc(NC(=O)[C@@H]2[C@@H]3CC(C)C4(S3)C(C(=O)NC3CCCCC3)N([C@H](CO)c3ccccc3)C(=O)[C@H]24)cc1. The number of amides is 3. The summed E-state index contributed by atoms with van der Waals surface area (Å²) >= 11 is 1.66. The summed E-state index contributed by atoms with van der Waals surface area (Å²) in [5.41, 5.74) is 1.42. The second-order valence-corrected chi connectivity index (χ2v) is 13.7. The summed E-state index contributed by atoms with van der Waals surface area (Å²) in [4.78, 5) is 44.5. The number of likely N-dealkylation sites (tertiary alicyclic amines) is 1. The van der Waals surface area contributed by atoms with E-state index in [4.69, 9.17) is 4.74 Å². The Morgan fingerprint density at radius 2 is 1.79 bits per heavy atom. The number of nitrogens with one attached hydrogen (secondary N) is 2. The lowest BCUT2D eigenvalue weighted by molar-refractivity contribution is -0.142. The Morgan fingerprint density at radius 1 is 1.07 bits per heavy atom. The van der Waals surface area contributed by atoms with Crippen molar-refractivity contribution in [2.75, 3.05) is 18.5 Å². The number of hydrogen-bond acceptors (Lipinski definition) is 6. The molecule has 2 aromatic carbocycles. The van der Waals surface area contributed by atoms with E-state index in [1.54, 1.807) is 16.7 Å². The summed E-state index contributed by atoms with van der Waals surface area (Å²) in [5.74, 6) is -1.01. The molecule has 224 valence electrons. The summed E-state index contributed by atoms with van der Waals surface area (Å²) in [6.07, 6.45) is 5.96. The molecule has 2 bridgehead atoms. The first kappa shape index (κ1) is 29.1. The van der Waals surface area contributed by atoms with Gasteiger partial charge in [0.15, 0.2) is 0 Å². The van der Waals surface area contributed by atoms with E-state index in [9.17, 15) is 19.5 Å². The maximum atomic E-state index is 14.6. The first-order valence-electron chi connectivity index (χ1n) is 15.4. The molecule has 3 N–H and O–H groups in total. The average Bonchev–Trinajstić information content (AvgIpc) is 3.59. The Kier molecular flexibility index (Phi) is 8.24. The zero-order valence-electron chi connectivity index (χ0n) is 24.3. The van der Waals surface area contributed by atoms with Gasteiger partial charge < -0.3 is 25.4 Å². The number of hydrogen-bond donors (Lipinski definition) is 3. The van der Waals surface area contributed by atoms with Crippen molar-refractivity contribution in [2.24, 2.45) is 17.8 Å². The number of thioether (sulfide) groups is 1. The van der Waals surface area contributed by atoms with Gasteiger partial charge in [-0.05, 0) is 61.9 Å². The van der Waals surface area contributed by atoms with Crippen LogP contribution in [0.25, 0.3) is 0 Å². The third-order valence-electron chi connectivity index (χ3n) is 9.81. The van der Waals surface area contributed by atoms with Gasteiger partial charge in [0.2, 0.25) is 17.7 Å². The highest BCUT2D eigenvalue weighted by Gasteiger charge is 2.76. The number of carbonyl (C=O) groups is 3. The van der Waals surface area contributed by atoms with Crippen LogP contribution in [0.5, 0.6) is 5.75 Å². The standard InChI is InChI=1S/C33H41N3O5S/c1-3-41-24-16-14-23(15-17-24)34-30(38)27-26-18-20(2)33(42-26)28(27)32(40)36(25(19-37)21-10-6-4-7-11-21)29(33)31(39)35-22-12-8-5-9-13-22/h4,6-7,10-11,14-17,20,22,25-29,37H,3,5,8-9,12-13,18-19H2,1-2H3,(H,34,38)(H,35,39)/t20?,25-,26+,27-,28+,29?,33?/m1/s1. The minimum absolute atomic E-state index is 0.0539. The Bertz CT molecular complexity index is 1300. The molecule has 42 heavy (non-hydrogen) atoms. The lowest BCUT2D eigenvalue weighted by Gasteiger charge is -2.41. The van der Waals surface area contributed by atoms with Crippen LogP contribution in [0.3, 0.4) is 0 Å². The lowest BCUT2D eigenvalue weighted by Crippen LogP contribution is -2.58. The Balaban J connectivity index is 1.35. The van der Waals surface area contributed by atoms with E-state index in [1.807, 2.05) is 61.5 Å². The molecule has 3 amide bonds. The van der Waals surface area contributed by atoms with Crippen LogP contribution < -0.4 is 15.4 Å². The number of carbonyl (C=O) groups excluding carboxylic acids is 3. The van der Waals surface area contributed by atoms with Crippen molar-refractivity contribution in [3.8, 4) is 5.75 Å². The van der Waals surface area contributed by atoms with Gasteiger partial charge in [-0.3, -0.25) is 14.4 Å². The van der Waals surface area contributed by atoms with Crippen molar-refractivity contribution < 1.29 is 24.2 Å². The zero-order valence-corrected chi connectivity index (χ0v) is 25.1. The predicted octanol–water partition coefficient (Wildman–Crippen LogP) is 4.54. The van der Waals surface area contributed by atoms with Gasteiger partial charge >= 0.3 is 0 Å². The van der Waals surface area contributed by atoms with Crippen LogP contribution in [0.2, 0.25) is 0 Å². The van der Waals surface area contributed by atoms with Gasteiger partial charge in [0, 0.05) is 17.0 Å². The first-order chi connectivity index (χ1) is 20.4. The van der Waals surface area contributed by atoms with Crippen LogP contribution in [-0.2, 0) is 14.4 Å². The summed E-state index contributed by atoms with van der Waals surface area (Å²) < 4.78 is 4.79. The molecule has 1 saturated carbocycles. The van der Waals surface area contributed by atoms with Crippen molar-refractivity contribution in [1.82, 2.24) is 10.2 Å². The van der Waals surface area contributed by atoms with E-state index >= 15 is 0 Å². The minimum atomic E-state index is -0.775. The molecular weight excluding hydrogens is 550 g/mol. The van der Waals surface area contributed by atoms with Crippen LogP contribution >= 0.6 is 11.8 Å². The molecule has 0 radical (unpaired) electrons. The molecule has 0 aromatic heterocycles. The molecule has 8 nitrogen and oxygen atoms in total. The fourth-order valence-corrected chi connectivity index (χ4v) is 10.4. The highest BCUT2D eigenvalue weighted by molar-refractivity contribution is 8.02. The molecule has 1 spiro atoms. The number of ether oxygens (including phenoxy) is 1. The largest absolute Gasteiger partial charge is 0.494 e. The quantitative estimate of drug-likeness (QED) is 0.395. The molecule has 7 atom stereocenters. The first-order valence-corrected chi connectivity index (χ1v) is 16.3. The Hall–Kier alpha value is -3.04. The molecule has 1 aliphatic carbocycles. The molecular formula is C33H41N3O5S. The topological polar surface area (TPSA) is 108 Å². The van der Waals surface area contributed by atoms with E-state index in [0.717, 1.165) is 43.4 Å². The fourth-order valence-electron chi connectivity index (χ4n) is 7.98. The van der Waals surface area contributed by atoms with Gasteiger partial charge in [0.1, 0.15) is 11.8 Å². The number of aliphatic hydroxyl groups is 1. The molecule has 4 aliphatic rings. The number of aliphatic hydroxyl groups excluding tert-OH is 1. The van der Waals surface area contributed by atoms with Gasteiger partial charge in [0.25, 0.3) is 0 Å². The summed E-state index contributed by atoms with van der Waals surface area (Å²) in [7, 11) is 0. The van der Waals surface area contributed by atoms with E-state index in [0.29, 0.717) is 12.3 Å². The number of nitrogens with zero attached hydrogens (tertiary/aromatic N) is 1. The molecule has 3 aliphatic heterocycles. The minimum Gasteiger partial charge on any atom is -0.494 e. The highest BCUT2D eigenvalue weighted by Crippen LogP contribution is 2.69. The van der Waals surface area contributed by atoms with Crippen molar-refractivity contribution in [3.05, 3.63) is 60.2 Å². The molecule has 3 heterocycles. The predicted molar refractivity (Wildman–Crippen MR) is 163 cm³/mol. The van der Waals surface area contributed by atoms with Gasteiger partial charge in [0.05, 0.1) is 35.8 Å². The van der Waals surface area contributed by atoms with Crippen LogP contribution in [-0.4, -0.2) is 63.0 Å². The lowest BCUT2D eigenvalue weighted by atomic mass is 9.65. The average molecular weight is 592 g/mol. The van der Waals surface area contributed by atoms with Gasteiger partial charge in [-0.2, -0.15) is 0 Å². The van der Waals surface area contributed by atoms with E-state index < -0.39 is 28.7 Å². The zero-order chi connectivity index (χ0) is 29.4. The van der Waals surface area contributed by atoms with Gasteiger partial charge in [-0.15, -0.1) is 11.8 Å². The van der Waals surface area contributed by atoms with Crippen molar-refractivity contribution in [2.45, 2.75) is 80.5 Å². The summed E-state index contributed by atoms with van der Waals surface area (Å²) in [6, 6.07) is 15.3. The van der Waals surface area contributed by atoms with Crippen molar-refractivity contribution in [3.63, 3.8) is 0 Å². The summed E-state index contributed by atoms with van der Waals surface area (Å²) in [6.45, 7) is 4.29. The monoisotopic (exact) mass is 591 g/mol. The van der Waals surface area contributed by atoms with Gasteiger partial charge in [-0.1, -0.05) is 56.5 Å². The number of anilines is 1. The molecule has 4 fully saturated rings. The van der Waals surface area contributed by atoms with Crippen LogP contribution in [0, 0.1) is 17.8 Å². The number of rotatable bonds is 9. The van der Waals surface area contributed by atoms with Crippen molar-refractivity contribution in [1.29, 1.82) is 0 Å². The normalized spacial score (nSPS) is 31.1. The van der Waals surface area contributed by atoms with Gasteiger partial charge in [-0.25, -0.2) is 0 Å². The van der Waals surface area contributed by atoms with E-state index in [1.165, 1.54) is 6.42 Å². The Labute approximate surface area is 252 Å². The van der Waals surface area contributed by atoms with Crippen LogP contribution in [0.4, 0.5) is 5.69 Å².